The van der Waals surface area contributed by atoms with Gasteiger partial charge < -0.3 is 25.4 Å². The minimum atomic E-state index is -0.0388. The lowest BCUT2D eigenvalue weighted by atomic mass is 9.93. The van der Waals surface area contributed by atoms with Gasteiger partial charge in [-0.1, -0.05) is 0 Å². The Morgan fingerprint density at radius 3 is 2.73 bits per heavy atom. The summed E-state index contributed by atoms with van der Waals surface area (Å²) in [6.45, 7) is 3.97. The van der Waals surface area contributed by atoms with Crippen LogP contribution >= 0.6 is 0 Å². The van der Waals surface area contributed by atoms with E-state index in [1.54, 1.807) is 12.3 Å². The van der Waals surface area contributed by atoms with Crippen molar-refractivity contribution in [1.82, 2.24) is 20.3 Å². The highest BCUT2D eigenvalue weighted by Crippen LogP contribution is 2.29. The molecule has 2 saturated heterocycles. The molecule has 0 bridgehead atoms. The molecule has 4 heterocycles. The summed E-state index contributed by atoms with van der Waals surface area (Å²) < 4.78 is 11.5. The number of carbonyl (C=O) groups excluding carboxylic acids is 1. The molecule has 2 aromatic rings. The number of hydrogen-bond acceptors (Lipinski definition) is 9. The Bertz CT molecular complexity index is 965. The highest BCUT2D eigenvalue weighted by atomic mass is 16.5. The van der Waals surface area contributed by atoms with Crippen molar-refractivity contribution in [2.75, 3.05) is 43.5 Å². The molecular weight excluding hydrogens is 422 g/mol. The van der Waals surface area contributed by atoms with Crippen molar-refractivity contribution in [3.63, 3.8) is 0 Å². The van der Waals surface area contributed by atoms with Crippen LogP contribution in [0.15, 0.2) is 24.7 Å². The van der Waals surface area contributed by atoms with Gasteiger partial charge in [0.2, 0.25) is 5.91 Å². The first kappa shape index (κ1) is 22.9. The average Bonchev–Trinajstić information content (AvgIpc) is 3.38. The van der Waals surface area contributed by atoms with Gasteiger partial charge in [0, 0.05) is 25.0 Å². The number of nitriles is 1. The van der Waals surface area contributed by atoms with Crippen LogP contribution in [-0.4, -0.2) is 53.8 Å². The Morgan fingerprint density at radius 1 is 1.15 bits per heavy atom. The summed E-state index contributed by atoms with van der Waals surface area (Å²) in [4.78, 5) is 25.2. The molecule has 1 amide bonds. The monoisotopic (exact) mass is 451 g/mol. The molecule has 10 nitrogen and oxygen atoms in total. The first-order valence-corrected chi connectivity index (χ1v) is 11.4. The fraction of sp³-hybridized carbons (Fsp3) is 0.522. The number of rotatable bonds is 9. The van der Waals surface area contributed by atoms with Gasteiger partial charge >= 0.3 is 0 Å². The molecule has 2 aromatic heterocycles. The van der Waals surface area contributed by atoms with Gasteiger partial charge in [-0.3, -0.25) is 4.79 Å². The third-order valence-corrected chi connectivity index (χ3v) is 5.90. The lowest BCUT2D eigenvalue weighted by molar-refractivity contribution is -0.116. The number of aromatic nitrogens is 3. The highest BCUT2D eigenvalue weighted by Gasteiger charge is 2.19. The molecule has 1 atom stereocenters. The Hall–Kier alpha value is -3.29. The van der Waals surface area contributed by atoms with Crippen LogP contribution in [0.3, 0.4) is 0 Å². The number of pyridine rings is 1. The van der Waals surface area contributed by atoms with E-state index >= 15 is 0 Å². The molecule has 10 heteroatoms. The maximum absolute atomic E-state index is 12.6. The Balaban J connectivity index is 1.41. The molecule has 33 heavy (non-hydrogen) atoms. The molecule has 0 saturated carbocycles. The van der Waals surface area contributed by atoms with Gasteiger partial charge in [-0.25, -0.2) is 15.0 Å². The van der Waals surface area contributed by atoms with E-state index in [1.165, 1.54) is 12.4 Å². The van der Waals surface area contributed by atoms with Crippen molar-refractivity contribution in [1.29, 1.82) is 5.26 Å². The van der Waals surface area contributed by atoms with Crippen LogP contribution in [0.5, 0.6) is 5.75 Å². The summed E-state index contributed by atoms with van der Waals surface area (Å²) >= 11 is 0. The molecular formula is C23H29N7O3. The number of nitrogens with zero attached hydrogens (tertiary/aromatic N) is 4. The summed E-state index contributed by atoms with van der Waals surface area (Å²) in [6, 6.07) is 3.67. The van der Waals surface area contributed by atoms with Crippen molar-refractivity contribution >= 4 is 23.2 Å². The summed E-state index contributed by atoms with van der Waals surface area (Å²) in [5, 5.41) is 18.2. The minimum Gasteiger partial charge on any atom is -0.491 e. The number of anilines is 3. The van der Waals surface area contributed by atoms with Gasteiger partial charge in [0.25, 0.3) is 0 Å². The molecule has 0 aliphatic carbocycles. The van der Waals surface area contributed by atoms with Crippen LogP contribution in [0.4, 0.5) is 17.3 Å². The fourth-order valence-corrected chi connectivity index (χ4v) is 3.94. The Kier molecular flexibility index (Phi) is 8.00. The predicted molar refractivity (Wildman–Crippen MR) is 122 cm³/mol. The van der Waals surface area contributed by atoms with E-state index < -0.39 is 0 Å². The predicted octanol–water partition coefficient (Wildman–Crippen LogP) is 2.62. The van der Waals surface area contributed by atoms with Crippen LogP contribution < -0.4 is 20.7 Å². The second-order valence-corrected chi connectivity index (χ2v) is 8.41. The SMILES string of the molecule is N#Cc1cnc(Nc2cc(OCC3CCOC3)c(NC(=O)CCC3CCNCC3)cn2)cn1. The number of hydrogen-bond donors (Lipinski definition) is 3. The van der Waals surface area contributed by atoms with E-state index in [2.05, 4.69) is 30.9 Å². The average molecular weight is 452 g/mol. The highest BCUT2D eigenvalue weighted by molar-refractivity contribution is 5.92. The molecule has 0 spiro atoms. The molecule has 3 N–H and O–H groups in total. The van der Waals surface area contributed by atoms with E-state index in [4.69, 9.17) is 14.7 Å². The summed E-state index contributed by atoms with van der Waals surface area (Å²) in [7, 11) is 0. The number of ether oxygens (including phenoxy) is 2. The summed E-state index contributed by atoms with van der Waals surface area (Å²) in [6.07, 6.45) is 8.98. The van der Waals surface area contributed by atoms with Crippen LogP contribution in [0, 0.1) is 23.2 Å². The van der Waals surface area contributed by atoms with E-state index in [0.717, 1.165) is 45.4 Å². The van der Waals surface area contributed by atoms with Gasteiger partial charge in [0.1, 0.15) is 29.1 Å². The number of amides is 1. The normalized spacial score (nSPS) is 18.5. The van der Waals surface area contributed by atoms with Crippen molar-refractivity contribution < 1.29 is 14.3 Å². The standard InChI is InChI=1S/C23H29N7O3/c24-10-18-11-27-22(13-26-18)30-21-9-20(33-15-17-5-8-32-14-17)19(12-28-21)29-23(31)2-1-16-3-6-25-7-4-16/h9,11-13,16-17,25H,1-8,14-15H2,(H,29,31)(H,27,28,30). The van der Waals surface area contributed by atoms with Gasteiger partial charge in [0.15, 0.2) is 5.69 Å². The largest absolute Gasteiger partial charge is 0.491 e. The van der Waals surface area contributed by atoms with E-state index in [9.17, 15) is 4.79 Å². The van der Waals surface area contributed by atoms with E-state index in [1.807, 2.05) is 6.07 Å². The minimum absolute atomic E-state index is 0.0388. The molecule has 0 aromatic carbocycles. The van der Waals surface area contributed by atoms with Crippen LogP contribution in [-0.2, 0) is 9.53 Å². The van der Waals surface area contributed by atoms with Gasteiger partial charge in [0.05, 0.1) is 31.8 Å². The maximum atomic E-state index is 12.6. The topological polar surface area (TPSA) is 134 Å². The lowest BCUT2D eigenvalue weighted by Gasteiger charge is -2.22. The van der Waals surface area contributed by atoms with Crippen LogP contribution in [0.2, 0.25) is 0 Å². The zero-order chi connectivity index (χ0) is 22.9. The zero-order valence-electron chi connectivity index (χ0n) is 18.5. The smallest absolute Gasteiger partial charge is 0.224 e. The lowest BCUT2D eigenvalue weighted by Crippen LogP contribution is -2.28. The fourth-order valence-electron chi connectivity index (χ4n) is 3.94. The molecule has 1 unspecified atom stereocenters. The Morgan fingerprint density at radius 2 is 2.00 bits per heavy atom. The Labute approximate surface area is 193 Å². The quantitative estimate of drug-likeness (QED) is 0.526. The number of carbonyl (C=O) groups is 1. The summed E-state index contributed by atoms with van der Waals surface area (Å²) in [5.74, 6) is 2.37. The third-order valence-electron chi connectivity index (χ3n) is 5.90. The molecule has 174 valence electrons. The summed E-state index contributed by atoms with van der Waals surface area (Å²) in [5.41, 5.74) is 0.777. The van der Waals surface area contributed by atoms with E-state index in [-0.39, 0.29) is 11.6 Å². The molecule has 2 aliphatic rings. The van der Waals surface area contributed by atoms with Gasteiger partial charge in [-0.15, -0.1) is 0 Å². The second kappa shape index (κ2) is 11.5. The number of nitrogens with one attached hydrogen (secondary N) is 3. The zero-order valence-corrected chi connectivity index (χ0v) is 18.5. The first-order valence-electron chi connectivity index (χ1n) is 11.4. The van der Waals surface area contributed by atoms with Crippen LogP contribution in [0.1, 0.15) is 37.8 Å². The molecule has 4 rings (SSSR count). The van der Waals surface area contributed by atoms with Gasteiger partial charge in [-0.2, -0.15) is 5.26 Å². The molecule has 2 aliphatic heterocycles. The molecule has 0 radical (unpaired) electrons. The molecule has 2 fully saturated rings. The second-order valence-electron chi connectivity index (χ2n) is 8.41. The van der Waals surface area contributed by atoms with Crippen LogP contribution in [0.25, 0.3) is 0 Å². The number of piperidine rings is 1. The van der Waals surface area contributed by atoms with Crippen molar-refractivity contribution in [3.05, 3.63) is 30.4 Å². The van der Waals surface area contributed by atoms with Gasteiger partial charge in [-0.05, 0) is 44.7 Å². The van der Waals surface area contributed by atoms with Crippen molar-refractivity contribution in [2.45, 2.75) is 32.1 Å². The first-order chi connectivity index (χ1) is 16.2. The van der Waals surface area contributed by atoms with E-state index in [0.29, 0.717) is 54.5 Å². The maximum Gasteiger partial charge on any atom is 0.224 e. The third kappa shape index (κ3) is 6.84. The van der Waals surface area contributed by atoms with Crippen molar-refractivity contribution in [2.24, 2.45) is 11.8 Å². The van der Waals surface area contributed by atoms with Crippen molar-refractivity contribution in [3.8, 4) is 11.8 Å².